The van der Waals surface area contributed by atoms with Crippen LogP contribution in [0, 0.1) is 0 Å². The summed E-state index contributed by atoms with van der Waals surface area (Å²) in [6.07, 6.45) is 0.964. The van der Waals surface area contributed by atoms with Gasteiger partial charge >= 0.3 is 0 Å². The predicted molar refractivity (Wildman–Crippen MR) is 66.1 cm³/mol. The molecular weight excluding hydrogens is 202 g/mol. The molecule has 0 aliphatic heterocycles. The average Bonchev–Trinajstić information content (AvgIpc) is 2.27. The largest absolute Gasteiger partial charge is 0.504 e. The minimum absolute atomic E-state index is 0.198. The number of benzene rings is 1. The SMILES string of the molecule is COc1cc(CCN(C)C(C)C)ccc1O. The van der Waals surface area contributed by atoms with Gasteiger partial charge in [-0.25, -0.2) is 0 Å². The molecule has 1 aromatic carbocycles. The van der Waals surface area contributed by atoms with E-state index in [0.717, 1.165) is 13.0 Å². The quantitative estimate of drug-likeness (QED) is 0.831. The first-order valence-electron chi connectivity index (χ1n) is 5.60. The maximum atomic E-state index is 9.47. The summed E-state index contributed by atoms with van der Waals surface area (Å²) < 4.78 is 5.08. The third kappa shape index (κ3) is 3.42. The van der Waals surface area contributed by atoms with Crippen molar-refractivity contribution in [1.29, 1.82) is 0 Å². The molecule has 0 atom stereocenters. The summed E-state index contributed by atoms with van der Waals surface area (Å²) in [6.45, 7) is 5.36. The third-order valence-electron chi connectivity index (χ3n) is 2.88. The number of phenolic OH excluding ortho intramolecular Hbond substituents is 1. The molecule has 0 radical (unpaired) electrons. The molecule has 0 unspecified atom stereocenters. The van der Waals surface area contributed by atoms with Crippen LogP contribution in [0.4, 0.5) is 0 Å². The molecule has 3 nitrogen and oxygen atoms in total. The van der Waals surface area contributed by atoms with Gasteiger partial charge in [0.2, 0.25) is 0 Å². The number of ether oxygens (including phenoxy) is 1. The van der Waals surface area contributed by atoms with Gasteiger partial charge in [-0.05, 0) is 45.0 Å². The van der Waals surface area contributed by atoms with Crippen LogP contribution < -0.4 is 4.74 Å². The van der Waals surface area contributed by atoms with Crippen molar-refractivity contribution in [1.82, 2.24) is 4.90 Å². The normalized spacial score (nSPS) is 11.1. The van der Waals surface area contributed by atoms with Gasteiger partial charge in [0.25, 0.3) is 0 Å². The smallest absolute Gasteiger partial charge is 0.160 e. The molecule has 0 bridgehead atoms. The van der Waals surface area contributed by atoms with E-state index >= 15 is 0 Å². The molecule has 0 saturated heterocycles. The van der Waals surface area contributed by atoms with Crippen molar-refractivity contribution in [3.8, 4) is 11.5 Å². The van der Waals surface area contributed by atoms with Gasteiger partial charge in [0, 0.05) is 12.6 Å². The predicted octanol–water partition coefficient (Wildman–Crippen LogP) is 2.28. The van der Waals surface area contributed by atoms with Crippen LogP contribution in [0.25, 0.3) is 0 Å². The maximum absolute atomic E-state index is 9.47. The van der Waals surface area contributed by atoms with Crippen molar-refractivity contribution in [2.24, 2.45) is 0 Å². The molecule has 0 fully saturated rings. The van der Waals surface area contributed by atoms with Gasteiger partial charge in [-0.15, -0.1) is 0 Å². The molecule has 0 saturated carbocycles. The molecule has 16 heavy (non-hydrogen) atoms. The lowest BCUT2D eigenvalue weighted by molar-refractivity contribution is 0.277. The number of nitrogens with zero attached hydrogens (tertiary/aromatic N) is 1. The molecule has 0 aliphatic rings. The Morgan fingerprint density at radius 1 is 1.38 bits per heavy atom. The highest BCUT2D eigenvalue weighted by Crippen LogP contribution is 2.26. The van der Waals surface area contributed by atoms with E-state index in [1.165, 1.54) is 5.56 Å². The molecule has 0 aliphatic carbocycles. The van der Waals surface area contributed by atoms with E-state index in [-0.39, 0.29) is 5.75 Å². The highest BCUT2D eigenvalue weighted by molar-refractivity contribution is 5.41. The molecule has 1 rings (SSSR count). The number of rotatable bonds is 5. The molecule has 0 spiro atoms. The van der Waals surface area contributed by atoms with Gasteiger partial charge < -0.3 is 14.7 Å². The summed E-state index contributed by atoms with van der Waals surface area (Å²) >= 11 is 0. The van der Waals surface area contributed by atoms with Gasteiger partial charge in [0.1, 0.15) is 0 Å². The Labute approximate surface area is 97.7 Å². The lowest BCUT2D eigenvalue weighted by Crippen LogP contribution is -2.28. The van der Waals surface area contributed by atoms with E-state index in [4.69, 9.17) is 4.74 Å². The van der Waals surface area contributed by atoms with E-state index in [1.54, 1.807) is 13.2 Å². The van der Waals surface area contributed by atoms with Crippen LogP contribution in [-0.4, -0.2) is 36.8 Å². The van der Waals surface area contributed by atoms with Crippen LogP contribution >= 0.6 is 0 Å². The second kappa shape index (κ2) is 5.75. The zero-order valence-electron chi connectivity index (χ0n) is 10.5. The second-order valence-electron chi connectivity index (χ2n) is 4.33. The minimum atomic E-state index is 0.198. The van der Waals surface area contributed by atoms with Gasteiger partial charge in [-0.3, -0.25) is 0 Å². The van der Waals surface area contributed by atoms with Crippen LogP contribution in [0.3, 0.4) is 0 Å². The zero-order valence-corrected chi connectivity index (χ0v) is 10.5. The Hall–Kier alpha value is -1.22. The first-order valence-corrected chi connectivity index (χ1v) is 5.60. The van der Waals surface area contributed by atoms with Gasteiger partial charge in [0.15, 0.2) is 11.5 Å². The Morgan fingerprint density at radius 3 is 2.62 bits per heavy atom. The summed E-state index contributed by atoms with van der Waals surface area (Å²) in [5.74, 6) is 0.744. The highest BCUT2D eigenvalue weighted by Gasteiger charge is 2.05. The Balaban J connectivity index is 2.61. The molecule has 3 heteroatoms. The number of likely N-dealkylation sites (N-methyl/N-ethyl adjacent to an activating group) is 1. The average molecular weight is 223 g/mol. The van der Waals surface area contributed by atoms with Crippen LogP contribution in [0.2, 0.25) is 0 Å². The van der Waals surface area contributed by atoms with Crippen LogP contribution in [0.1, 0.15) is 19.4 Å². The van der Waals surface area contributed by atoms with Gasteiger partial charge in [0.05, 0.1) is 7.11 Å². The molecule has 0 aromatic heterocycles. The summed E-state index contributed by atoms with van der Waals surface area (Å²) in [4.78, 5) is 2.29. The van der Waals surface area contributed by atoms with Gasteiger partial charge in [-0.1, -0.05) is 6.07 Å². The van der Waals surface area contributed by atoms with Crippen LogP contribution in [0.5, 0.6) is 11.5 Å². The van der Waals surface area contributed by atoms with Crippen LogP contribution in [0.15, 0.2) is 18.2 Å². The van der Waals surface area contributed by atoms with Crippen molar-refractivity contribution in [3.05, 3.63) is 23.8 Å². The molecular formula is C13H21NO2. The maximum Gasteiger partial charge on any atom is 0.160 e. The summed E-state index contributed by atoms with van der Waals surface area (Å²) in [7, 11) is 3.68. The lowest BCUT2D eigenvalue weighted by atomic mass is 10.1. The second-order valence-corrected chi connectivity index (χ2v) is 4.33. The van der Waals surface area contributed by atoms with Crippen molar-refractivity contribution in [2.45, 2.75) is 26.3 Å². The topological polar surface area (TPSA) is 32.7 Å². The third-order valence-corrected chi connectivity index (χ3v) is 2.88. The van der Waals surface area contributed by atoms with E-state index in [0.29, 0.717) is 11.8 Å². The van der Waals surface area contributed by atoms with Crippen molar-refractivity contribution in [2.75, 3.05) is 20.7 Å². The fraction of sp³-hybridized carbons (Fsp3) is 0.538. The van der Waals surface area contributed by atoms with E-state index in [1.807, 2.05) is 12.1 Å². The fourth-order valence-corrected chi connectivity index (χ4v) is 1.44. The first-order chi connectivity index (χ1) is 7.54. The van der Waals surface area contributed by atoms with E-state index in [9.17, 15) is 5.11 Å². The summed E-state index contributed by atoms with van der Waals surface area (Å²) in [6, 6.07) is 6.07. The number of methoxy groups -OCH3 is 1. The minimum Gasteiger partial charge on any atom is -0.504 e. The van der Waals surface area contributed by atoms with Crippen LogP contribution in [-0.2, 0) is 6.42 Å². The molecule has 0 heterocycles. The summed E-state index contributed by atoms with van der Waals surface area (Å²) in [5, 5.41) is 9.47. The first kappa shape index (κ1) is 12.8. The Bertz CT molecular complexity index is 337. The molecule has 0 amide bonds. The Kier molecular flexibility index (Phi) is 4.62. The van der Waals surface area contributed by atoms with Gasteiger partial charge in [-0.2, -0.15) is 0 Å². The van der Waals surface area contributed by atoms with Crippen molar-refractivity contribution >= 4 is 0 Å². The number of hydrogen-bond donors (Lipinski definition) is 1. The number of phenols is 1. The summed E-state index contributed by atoms with van der Waals surface area (Å²) in [5.41, 5.74) is 1.18. The zero-order chi connectivity index (χ0) is 12.1. The highest BCUT2D eigenvalue weighted by atomic mass is 16.5. The fourth-order valence-electron chi connectivity index (χ4n) is 1.44. The number of hydrogen-bond acceptors (Lipinski definition) is 3. The molecule has 90 valence electrons. The standard InChI is InChI=1S/C13H21NO2/c1-10(2)14(3)8-7-11-5-6-12(15)13(9-11)16-4/h5-6,9-10,15H,7-8H2,1-4H3. The van der Waals surface area contributed by atoms with E-state index < -0.39 is 0 Å². The molecule has 1 aromatic rings. The monoisotopic (exact) mass is 223 g/mol. The Morgan fingerprint density at radius 2 is 2.06 bits per heavy atom. The number of aromatic hydroxyl groups is 1. The molecule has 1 N–H and O–H groups in total. The van der Waals surface area contributed by atoms with E-state index in [2.05, 4.69) is 25.8 Å². The lowest BCUT2D eigenvalue weighted by Gasteiger charge is -2.20. The van der Waals surface area contributed by atoms with Crippen molar-refractivity contribution < 1.29 is 9.84 Å². The van der Waals surface area contributed by atoms with Crippen molar-refractivity contribution in [3.63, 3.8) is 0 Å².